The van der Waals surface area contributed by atoms with E-state index in [1.165, 1.54) is 18.5 Å². The molecule has 11 heteroatoms. The number of aliphatic imine (C=N–C) groups is 1. The zero-order valence-electron chi connectivity index (χ0n) is 16.8. The van der Waals surface area contributed by atoms with Gasteiger partial charge in [0.2, 0.25) is 10.0 Å². The predicted molar refractivity (Wildman–Crippen MR) is 110 cm³/mol. The molecular formula is C18H28N8O2S. The van der Waals surface area contributed by atoms with Crippen LogP contribution in [0.1, 0.15) is 31.9 Å². The van der Waals surface area contributed by atoms with E-state index < -0.39 is 10.0 Å². The van der Waals surface area contributed by atoms with E-state index >= 15 is 0 Å². The molecule has 0 radical (unpaired) electrons. The summed E-state index contributed by atoms with van der Waals surface area (Å²) in [7, 11) is -3.57. The second-order valence-corrected chi connectivity index (χ2v) is 8.47. The van der Waals surface area contributed by atoms with Gasteiger partial charge in [0.15, 0.2) is 11.8 Å². The SMILES string of the molecule is CCNC(=NCCNS(=O)(=O)c1cccnc1)NC1CCc2nc(CC)nn2C1. The van der Waals surface area contributed by atoms with Crippen LogP contribution in [-0.4, -0.2) is 59.8 Å². The Bertz CT molecular complexity index is 927. The van der Waals surface area contributed by atoms with Crippen molar-refractivity contribution in [3.8, 4) is 0 Å². The van der Waals surface area contributed by atoms with Crippen LogP contribution < -0.4 is 15.4 Å². The van der Waals surface area contributed by atoms with Crippen molar-refractivity contribution >= 4 is 16.0 Å². The molecule has 0 spiro atoms. The molecule has 1 unspecified atom stereocenters. The minimum atomic E-state index is -3.57. The summed E-state index contributed by atoms with van der Waals surface area (Å²) in [4.78, 5) is 13.0. The van der Waals surface area contributed by atoms with Gasteiger partial charge in [-0.1, -0.05) is 6.92 Å². The minimum absolute atomic E-state index is 0.145. The van der Waals surface area contributed by atoms with Gasteiger partial charge in [-0.3, -0.25) is 9.98 Å². The van der Waals surface area contributed by atoms with Crippen molar-refractivity contribution in [2.75, 3.05) is 19.6 Å². The van der Waals surface area contributed by atoms with E-state index in [4.69, 9.17) is 0 Å². The fraction of sp³-hybridized carbons (Fsp3) is 0.556. The van der Waals surface area contributed by atoms with Gasteiger partial charge >= 0.3 is 0 Å². The fourth-order valence-electron chi connectivity index (χ4n) is 3.08. The van der Waals surface area contributed by atoms with Crippen LogP contribution in [-0.2, 0) is 29.4 Å². The molecule has 10 nitrogen and oxygen atoms in total. The Balaban J connectivity index is 1.53. The Hall–Kier alpha value is -2.53. The van der Waals surface area contributed by atoms with Gasteiger partial charge < -0.3 is 10.6 Å². The normalized spacial score (nSPS) is 17.0. The van der Waals surface area contributed by atoms with E-state index in [-0.39, 0.29) is 17.5 Å². The van der Waals surface area contributed by atoms with Crippen molar-refractivity contribution in [2.45, 2.75) is 50.6 Å². The van der Waals surface area contributed by atoms with Crippen LogP contribution in [0.2, 0.25) is 0 Å². The van der Waals surface area contributed by atoms with Crippen LogP contribution in [0.15, 0.2) is 34.4 Å². The van der Waals surface area contributed by atoms with Gasteiger partial charge in [0.1, 0.15) is 10.7 Å². The second kappa shape index (κ2) is 9.79. The van der Waals surface area contributed by atoms with Crippen LogP contribution in [0.3, 0.4) is 0 Å². The van der Waals surface area contributed by atoms with Crippen LogP contribution in [0.25, 0.3) is 0 Å². The summed E-state index contributed by atoms with van der Waals surface area (Å²) in [5.41, 5.74) is 0. The first-order valence-corrected chi connectivity index (χ1v) is 11.4. The van der Waals surface area contributed by atoms with Crippen molar-refractivity contribution in [1.29, 1.82) is 0 Å². The summed E-state index contributed by atoms with van der Waals surface area (Å²) in [5.74, 6) is 2.58. The molecule has 158 valence electrons. The highest BCUT2D eigenvalue weighted by molar-refractivity contribution is 7.89. The Morgan fingerprint density at radius 1 is 1.38 bits per heavy atom. The lowest BCUT2D eigenvalue weighted by Crippen LogP contribution is -2.47. The molecule has 0 saturated carbocycles. The quantitative estimate of drug-likeness (QED) is 0.314. The van der Waals surface area contributed by atoms with E-state index in [9.17, 15) is 8.42 Å². The average Bonchev–Trinajstić information content (AvgIpc) is 3.14. The lowest BCUT2D eigenvalue weighted by atomic mass is 10.1. The maximum atomic E-state index is 12.2. The molecule has 0 bridgehead atoms. The maximum Gasteiger partial charge on any atom is 0.242 e. The molecule has 2 aromatic heterocycles. The molecule has 2 aromatic rings. The lowest BCUT2D eigenvalue weighted by molar-refractivity contribution is 0.392. The number of aryl methyl sites for hydroxylation is 2. The first-order valence-electron chi connectivity index (χ1n) is 9.89. The first kappa shape index (κ1) is 21.2. The van der Waals surface area contributed by atoms with Gasteiger partial charge in [-0.05, 0) is 25.5 Å². The summed E-state index contributed by atoms with van der Waals surface area (Å²) < 4.78 is 28.9. The number of aromatic nitrogens is 4. The Morgan fingerprint density at radius 2 is 2.24 bits per heavy atom. The lowest BCUT2D eigenvalue weighted by Gasteiger charge is -2.25. The largest absolute Gasteiger partial charge is 0.357 e. The van der Waals surface area contributed by atoms with Crippen LogP contribution in [0.4, 0.5) is 0 Å². The van der Waals surface area contributed by atoms with Crippen molar-refractivity contribution in [3.05, 3.63) is 36.2 Å². The third-order valence-electron chi connectivity index (χ3n) is 4.52. The zero-order valence-corrected chi connectivity index (χ0v) is 17.6. The summed E-state index contributed by atoms with van der Waals surface area (Å²) in [6, 6.07) is 3.29. The molecule has 3 heterocycles. The van der Waals surface area contributed by atoms with Crippen LogP contribution in [0.5, 0.6) is 0 Å². The number of nitrogens with one attached hydrogen (secondary N) is 3. The van der Waals surface area contributed by atoms with Crippen LogP contribution in [0, 0.1) is 0 Å². The van der Waals surface area contributed by atoms with Crippen molar-refractivity contribution in [1.82, 2.24) is 35.1 Å². The van der Waals surface area contributed by atoms with Crippen molar-refractivity contribution < 1.29 is 8.42 Å². The Labute approximate surface area is 171 Å². The minimum Gasteiger partial charge on any atom is -0.357 e. The van der Waals surface area contributed by atoms with Gasteiger partial charge in [0.05, 0.1) is 13.1 Å². The third kappa shape index (κ3) is 5.73. The summed E-state index contributed by atoms with van der Waals surface area (Å²) in [5, 5.41) is 11.2. The van der Waals surface area contributed by atoms with Gasteiger partial charge in [-0.25, -0.2) is 22.8 Å². The molecule has 29 heavy (non-hydrogen) atoms. The van der Waals surface area contributed by atoms with Gasteiger partial charge in [-0.15, -0.1) is 0 Å². The van der Waals surface area contributed by atoms with Gasteiger partial charge in [-0.2, -0.15) is 5.10 Å². The van der Waals surface area contributed by atoms with Gasteiger partial charge in [0.25, 0.3) is 0 Å². The molecule has 0 fully saturated rings. The molecule has 3 N–H and O–H groups in total. The third-order valence-corrected chi connectivity index (χ3v) is 5.97. The maximum absolute atomic E-state index is 12.2. The zero-order chi connectivity index (χ0) is 20.7. The standard InChI is InChI=1S/C18H28N8O2S/c1-3-16-24-17-8-7-14(13-26(17)25-16)23-18(20-4-2)21-10-11-22-29(27,28)15-6-5-9-19-12-15/h5-6,9,12,14,22H,3-4,7-8,10-11,13H2,1-2H3,(H2,20,21,23). The monoisotopic (exact) mass is 420 g/mol. The topological polar surface area (TPSA) is 126 Å². The molecule has 1 aliphatic heterocycles. The number of fused-ring (bicyclic) bond motifs is 1. The van der Waals surface area contributed by atoms with Gasteiger partial charge in [0, 0.05) is 44.4 Å². The molecule has 1 atom stereocenters. The fourth-order valence-corrected chi connectivity index (χ4v) is 4.06. The van der Waals surface area contributed by atoms with Crippen molar-refractivity contribution in [2.24, 2.45) is 4.99 Å². The summed E-state index contributed by atoms with van der Waals surface area (Å²) in [6.07, 6.45) is 5.50. The number of guanidine groups is 1. The highest BCUT2D eigenvalue weighted by atomic mass is 32.2. The highest BCUT2D eigenvalue weighted by Crippen LogP contribution is 2.13. The number of rotatable bonds is 8. The Morgan fingerprint density at radius 3 is 2.97 bits per heavy atom. The number of pyridine rings is 1. The number of nitrogens with zero attached hydrogens (tertiary/aromatic N) is 5. The smallest absolute Gasteiger partial charge is 0.242 e. The predicted octanol–water partition coefficient (Wildman–Crippen LogP) is 0.0839. The molecule has 1 aliphatic rings. The van der Waals surface area contributed by atoms with E-state index in [1.807, 2.05) is 11.6 Å². The first-order chi connectivity index (χ1) is 14.0. The number of sulfonamides is 1. The average molecular weight is 421 g/mol. The molecular weight excluding hydrogens is 392 g/mol. The number of hydrogen-bond acceptors (Lipinski definition) is 6. The van der Waals surface area contributed by atoms with E-state index in [0.717, 1.165) is 37.5 Å². The second-order valence-electron chi connectivity index (χ2n) is 6.71. The summed E-state index contributed by atoms with van der Waals surface area (Å²) in [6.45, 7) is 6.01. The van der Waals surface area contributed by atoms with Crippen molar-refractivity contribution in [3.63, 3.8) is 0 Å². The Kier molecular flexibility index (Phi) is 7.15. The molecule has 0 aromatic carbocycles. The van der Waals surface area contributed by atoms with E-state index in [2.05, 4.69) is 42.3 Å². The molecule has 0 amide bonds. The van der Waals surface area contributed by atoms with Crippen LogP contribution >= 0.6 is 0 Å². The van der Waals surface area contributed by atoms with E-state index in [1.54, 1.807) is 6.07 Å². The molecule has 3 rings (SSSR count). The molecule has 0 aliphatic carbocycles. The van der Waals surface area contributed by atoms with E-state index in [0.29, 0.717) is 19.0 Å². The summed E-state index contributed by atoms with van der Waals surface area (Å²) >= 11 is 0. The highest BCUT2D eigenvalue weighted by Gasteiger charge is 2.22. The number of hydrogen-bond donors (Lipinski definition) is 3. The molecule has 0 saturated heterocycles.